The van der Waals surface area contributed by atoms with Crippen molar-refractivity contribution in [2.45, 2.75) is 51.4 Å². The number of carbonyl (C=O) groups is 2. The van der Waals surface area contributed by atoms with E-state index < -0.39 is 5.60 Å². The van der Waals surface area contributed by atoms with E-state index in [0.29, 0.717) is 31.3 Å². The quantitative estimate of drug-likeness (QED) is 0.788. The highest BCUT2D eigenvalue weighted by Gasteiger charge is 2.36. The van der Waals surface area contributed by atoms with Crippen LogP contribution in [0.5, 0.6) is 0 Å². The molecule has 2 fully saturated rings. The lowest BCUT2D eigenvalue weighted by atomic mass is 10.1. The molecular formula is C22H29N5O4. The molecule has 4 rings (SSSR count). The lowest BCUT2D eigenvalue weighted by molar-refractivity contribution is -0.143. The van der Waals surface area contributed by atoms with Crippen LogP contribution in [0.3, 0.4) is 0 Å². The number of likely N-dealkylation sites (tertiary alicyclic amines) is 2. The summed E-state index contributed by atoms with van der Waals surface area (Å²) in [5.74, 6) is 1.25. The summed E-state index contributed by atoms with van der Waals surface area (Å²) in [4.78, 5) is 32.8. The molecule has 1 aromatic heterocycles. The van der Waals surface area contributed by atoms with Crippen molar-refractivity contribution in [2.75, 3.05) is 26.2 Å². The molecule has 1 aromatic carbocycles. The normalized spacial score (nSPS) is 19.4. The number of hydrogen-bond donors (Lipinski definition) is 1. The van der Waals surface area contributed by atoms with Gasteiger partial charge >= 0.3 is 6.09 Å². The smallest absolute Gasteiger partial charge is 0.410 e. The van der Waals surface area contributed by atoms with E-state index in [1.54, 1.807) is 9.80 Å². The monoisotopic (exact) mass is 427 g/mol. The average molecular weight is 428 g/mol. The van der Waals surface area contributed by atoms with Crippen LogP contribution in [0.2, 0.25) is 0 Å². The molecule has 166 valence electrons. The number of nitrogens with zero attached hydrogens (tertiary/aromatic N) is 4. The first-order valence-electron chi connectivity index (χ1n) is 10.7. The zero-order valence-corrected chi connectivity index (χ0v) is 18.2. The second-order valence-corrected chi connectivity index (χ2v) is 8.97. The fraction of sp³-hybridized carbons (Fsp3) is 0.545. The van der Waals surface area contributed by atoms with Gasteiger partial charge in [-0.05, 0) is 33.6 Å². The van der Waals surface area contributed by atoms with Crippen LogP contribution in [0.25, 0.3) is 11.4 Å². The molecule has 2 aromatic rings. The Bertz CT molecular complexity index is 917. The van der Waals surface area contributed by atoms with Crippen LogP contribution in [0, 0.1) is 0 Å². The fourth-order valence-electron chi connectivity index (χ4n) is 3.78. The highest BCUT2D eigenvalue weighted by Crippen LogP contribution is 2.31. The van der Waals surface area contributed by atoms with Crippen LogP contribution in [-0.2, 0) is 14.3 Å². The summed E-state index contributed by atoms with van der Waals surface area (Å²) in [6.07, 6.45) is 1.25. The topological polar surface area (TPSA) is 101 Å². The van der Waals surface area contributed by atoms with Crippen LogP contribution in [0.15, 0.2) is 30.3 Å². The van der Waals surface area contributed by atoms with Gasteiger partial charge in [-0.1, -0.05) is 30.3 Å². The first-order valence-corrected chi connectivity index (χ1v) is 10.7. The van der Waals surface area contributed by atoms with Gasteiger partial charge in [-0.2, -0.15) is 5.10 Å². The minimum atomic E-state index is -0.523. The molecule has 0 aliphatic carbocycles. The lowest BCUT2D eigenvalue weighted by Crippen LogP contribution is -2.56. The standard InChI is InChI=1S/C22H29N5O4/c1-22(2,3)31-21(29)26-12-16(13-26)30-14-18(28)27-11-7-10-17(27)20-23-19(24-25-20)15-8-5-4-6-9-15/h4-6,8-9,16-17H,7,10-14H2,1-3H3,(H,23,24,25). The van der Waals surface area contributed by atoms with Crippen LogP contribution < -0.4 is 0 Å². The highest BCUT2D eigenvalue weighted by atomic mass is 16.6. The number of nitrogens with one attached hydrogen (secondary N) is 1. The molecule has 9 nitrogen and oxygen atoms in total. The fourth-order valence-corrected chi connectivity index (χ4v) is 3.78. The number of amides is 2. The minimum absolute atomic E-state index is 0.0109. The summed E-state index contributed by atoms with van der Waals surface area (Å²) >= 11 is 0. The number of aromatic amines is 1. The first kappa shape index (κ1) is 21.3. The van der Waals surface area contributed by atoms with E-state index in [1.165, 1.54) is 0 Å². The van der Waals surface area contributed by atoms with E-state index in [1.807, 2.05) is 51.1 Å². The maximum atomic E-state index is 12.8. The van der Waals surface area contributed by atoms with Crippen molar-refractivity contribution in [3.63, 3.8) is 0 Å². The van der Waals surface area contributed by atoms with Crippen molar-refractivity contribution in [1.29, 1.82) is 0 Å². The minimum Gasteiger partial charge on any atom is -0.444 e. The third-order valence-corrected chi connectivity index (χ3v) is 5.37. The summed E-state index contributed by atoms with van der Waals surface area (Å²) < 4.78 is 11.1. The Hall–Kier alpha value is -2.94. The molecule has 1 atom stereocenters. The van der Waals surface area contributed by atoms with Crippen LogP contribution >= 0.6 is 0 Å². The maximum absolute atomic E-state index is 12.8. The van der Waals surface area contributed by atoms with E-state index in [0.717, 1.165) is 18.4 Å². The van der Waals surface area contributed by atoms with Crippen molar-refractivity contribution < 1.29 is 19.1 Å². The van der Waals surface area contributed by atoms with Crippen molar-refractivity contribution in [2.24, 2.45) is 0 Å². The number of benzene rings is 1. The van der Waals surface area contributed by atoms with Gasteiger partial charge in [0.1, 0.15) is 18.0 Å². The van der Waals surface area contributed by atoms with Gasteiger partial charge in [0.25, 0.3) is 0 Å². The number of hydrogen-bond acceptors (Lipinski definition) is 6. The van der Waals surface area contributed by atoms with Crippen LogP contribution in [0.1, 0.15) is 45.5 Å². The first-order chi connectivity index (χ1) is 14.8. The SMILES string of the molecule is CC(C)(C)OC(=O)N1CC(OCC(=O)N2CCCC2c2nc(-c3ccccc3)n[nH]2)C1. The molecule has 9 heteroatoms. The third-order valence-electron chi connectivity index (χ3n) is 5.37. The predicted molar refractivity (Wildman–Crippen MR) is 113 cm³/mol. The Morgan fingerprint density at radius 1 is 1.19 bits per heavy atom. The summed E-state index contributed by atoms with van der Waals surface area (Å²) in [5, 5.41) is 7.32. The summed E-state index contributed by atoms with van der Waals surface area (Å²) in [6, 6.07) is 9.62. The Morgan fingerprint density at radius 2 is 1.94 bits per heavy atom. The molecule has 0 saturated carbocycles. The second kappa shape index (κ2) is 8.66. The van der Waals surface area contributed by atoms with Gasteiger partial charge in [0.15, 0.2) is 5.82 Å². The maximum Gasteiger partial charge on any atom is 0.410 e. The van der Waals surface area contributed by atoms with Crippen molar-refractivity contribution in [1.82, 2.24) is 25.0 Å². The van der Waals surface area contributed by atoms with Crippen molar-refractivity contribution in [3.8, 4) is 11.4 Å². The van der Waals surface area contributed by atoms with Gasteiger partial charge in [0, 0.05) is 12.1 Å². The molecule has 1 unspecified atom stereocenters. The molecule has 2 aliphatic heterocycles. The van der Waals surface area contributed by atoms with E-state index >= 15 is 0 Å². The summed E-state index contributed by atoms with van der Waals surface area (Å²) in [6.45, 7) is 7.04. The van der Waals surface area contributed by atoms with E-state index in [2.05, 4.69) is 15.2 Å². The summed E-state index contributed by atoms with van der Waals surface area (Å²) in [7, 11) is 0. The van der Waals surface area contributed by atoms with E-state index in [9.17, 15) is 9.59 Å². The van der Waals surface area contributed by atoms with Crippen LogP contribution in [-0.4, -0.2) is 74.9 Å². The number of ether oxygens (including phenoxy) is 2. The molecule has 2 aliphatic rings. The van der Waals surface area contributed by atoms with Gasteiger partial charge in [0.2, 0.25) is 5.91 Å². The van der Waals surface area contributed by atoms with Crippen molar-refractivity contribution >= 4 is 12.0 Å². The molecule has 0 radical (unpaired) electrons. The van der Waals surface area contributed by atoms with Gasteiger partial charge in [-0.3, -0.25) is 9.89 Å². The highest BCUT2D eigenvalue weighted by molar-refractivity contribution is 5.78. The molecule has 31 heavy (non-hydrogen) atoms. The Balaban J connectivity index is 1.28. The molecule has 2 saturated heterocycles. The molecule has 1 N–H and O–H groups in total. The third kappa shape index (κ3) is 5.04. The summed E-state index contributed by atoms with van der Waals surface area (Å²) in [5.41, 5.74) is 0.411. The zero-order valence-electron chi connectivity index (χ0n) is 18.2. The molecule has 0 spiro atoms. The van der Waals surface area contributed by atoms with Crippen LogP contribution in [0.4, 0.5) is 4.79 Å². The van der Waals surface area contributed by atoms with Crippen molar-refractivity contribution in [3.05, 3.63) is 36.2 Å². The Kier molecular flexibility index (Phi) is 5.95. The van der Waals surface area contributed by atoms with Gasteiger partial charge in [0.05, 0.1) is 25.2 Å². The van der Waals surface area contributed by atoms with Gasteiger partial charge in [-0.25, -0.2) is 9.78 Å². The number of carbonyl (C=O) groups excluding carboxylic acids is 2. The number of aromatic nitrogens is 3. The van der Waals surface area contributed by atoms with Gasteiger partial charge in [-0.15, -0.1) is 0 Å². The second-order valence-electron chi connectivity index (χ2n) is 8.97. The lowest BCUT2D eigenvalue weighted by Gasteiger charge is -2.39. The average Bonchev–Trinajstić information content (AvgIpc) is 3.35. The Labute approximate surface area is 181 Å². The Morgan fingerprint density at radius 3 is 2.65 bits per heavy atom. The van der Waals surface area contributed by atoms with E-state index in [-0.39, 0.29) is 30.8 Å². The molecular weight excluding hydrogens is 398 g/mol. The molecule has 2 amide bonds. The van der Waals surface area contributed by atoms with Gasteiger partial charge < -0.3 is 19.3 Å². The largest absolute Gasteiger partial charge is 0.444 e. The number of H-pyrrole nitrogens is 1. The van der Waals surface area contributed by atoms with E-state index in [4.69, 9.17) is 9.47 Å². The number of rotatable bonds is 5. The zero-order chi connectivity index (χ0) is 22.0. The predicted octanol–water partition coefficient (Wildman–Crippen LogP) is 2.77. The molecule has 0 bridgehead atoms. The molecule has 3 heterocycles.